The Balaban J connectivity index is 2.13. The van der Waals surface area contributed by atoms with E-state index in [2.05, 4.69) is 24.3 Å². The number of amides is 1. The van der Waals surface area contributed by atoms with E-state index in [4.69, 9.17) is 0 Å². The lowest BCUT2D eigenvalue weighted by Crippen LogP contribution is -2.29. The van der Waals surface area contributed by atoms with E-state index >= 15 is 0 Å². The lowest BCUT2D eigenvalue weighted by atomic mass is 10.1. The van der Waals surface area contributed by atoms with Gasteiger partial charge in [-0.1, -0.05) is 19.9 Å². The van der Waals surface area contributed by atoms with Gasteiger partial charge in [0.15, 0.2) is 0 Å². The van der Waals surface area contributed by atoms with Crippen LogP contribution in [-0.4, -0.2) is 15.7 Å². The summed E-state index contributed by atoms with van der Waals surface area (Å²) >= 11 is 0. The molecule has 1 unspecified atom stereocenters. The highest BCUT2D eigenvalue weighted by Gasteiger charge is 2.18. The molecule has 1 aromatic carbocycles. The summed E-state index contributed by atoms with van der Waals surface area (Å²) in [6.07, 6.45) is 0.781. The van der Waals surface area contributed by atoms with Crippen LogP contribution in [0.2, 0.25) is 0 Å². The minimum absolute atomic E-state index is 0.240. The van der Waals surface area contributed by atoms with Crippen LogP contribution in [0.4, 0.5) is 8.78 Å². The normalized spacial score (nSPS) is 12.5. The summed E-state index contributed by atoms with van der Waals surface area (Å²) in [5, 5.41) is 7.03. The highest BCUT2D eigenvalue weighted by molar-refractivity contribution is 5.92. The maximum atomic E-state index is 13.8. The van der Waals surface area contributed by atoms with Gasteiger partial charge >= 0.3 is 0 Å². The fourth-order valence-corrected chi connectivity index (χ4v) is 2.46. The molecule has 6 heteroatoms. The SMILES string of the molecule is CC(C)Cc1cc(C(=O)NC(C)c2ccc(F)cc2F)n(C)n1. The molecule has 4 nitrogen and oxygen atoms in total. The molecule has 0 aliphatic carbocycles. The quantitative estimate of drug-likeness (QED) is 0.917. The largest absolute Gasteiger partial charge is 0.344 e. The van der Waals surface area contributed by atoms with Crippen molar-refractivity contribution in [2.24, 2.45) is 13.0 Å². The molecular formula is C17H21F2N3O. The van der Waals surface area contributed by atoms with Gasteiger partial charge in [-0.05, 0) is 31.4 Å². The van der Waals surface area contributed by atoms with Crippen LogP contribution in [0, 0.1) is 17.6 Å². The van der Waals surface area contributed by atoms with Crippen molar-refractivity contribution in [2.75, 3.05) is 0 Å². The van der Waals surface area contributed by atoms with Gasteiger partial charge in [-0.3, -0.25) is 9.48 Å². The third-order valence-corrected chi connectivity index (χ3v) is 3.56. The van der Waals surface area contributed by atoms with Crippen LogP contribution < -0.4 is 5.32 Å². The van der Waals surface area contributed by atoms with Crippen LogP contribution in [-0.2, 0) is 13.5 Å². The molecule has 1 aromatic heterocycles. The van der Waals surface area contributed by atoms with Crippen molar-refractivity contribution in [3.63, 3.8) is 0 Å². The van der Waals surface area contributed by atoms with Crippen molar-refractivity contribution in [2.45, 2.75) is 33.2 Å². The van der Waals surface area contributed by atoms with Crippen LogP contribution in [0.25, 0.3) is 0 Å². The van der Waals surface area contributed by atoms with Gasteiger partial charge < -0.3 is 5.32 Å². The van der Waals surface area contributed by atoms with Crippen LogP contribution in [0.3, 0.4) is 0 Å². The van der Waals surface area contributed by atoms with E-state index in [0.717, 1.165) is 18.2 Å². The van der Waals surface area contributed by atoms with E-state index in [1.807, 2.05) is 0 Å². The van der Waals surface area contributed by atoms with Gasteiger partial charge in [0.05, 0.1) is 11.7 Å². The lowest BCUT2D eigenvalue weighted by Gasteiger charge is -2.15. The minimum atomic E-state index is -0.677. The topological polar surface area (TPSA) is 46.9 Å². The van der Waals surface area contributed by atoms with E-state index in [1.165, 1.54) is 16.8 Å². The molecule has 1 atom stereocenters. The van der Waals surface area contributed by atoms with Gasteiger partial charge in [-0.15, -0.1) is 0 Å². The molecule has 0 radical (unpaired) electrons. The second kappa shape index (κ2) is 6.89. The maximum Gasteiger partial charge on any atom is 0.270 e. The Morgan fingerprint density at radius 2 is 1.96 bits per heavy atom. The third kappa shape index (κ3) is 4.15. The van der Waals surface area contributed by atoms with Crippen LogP contribution in [0.1, 0.15) is 48.6 Å². The first-order valence-electron chi connectivity index (χ1n) is 7.56. The standard InChI is InChI=1S/C17H21F2N3O/c1-10(2)7-13-9-16(22(4)21-13)17(23)20-11(3)14-6-5-12(18)8-15(14)19/h5-6,8-11H,7H2,1-4H3,(H,20,23). The molecule has 2 aromatic rings. The summed E-state index contributed by atoms with van der Waals surface area (Å²) in [7, 11) is 1.70. The van der Waals surface area contributed by atoms with Gasteiger partial charge in [-0.2, -0.15) is 5.10 Å². The number of nitrogens with zero attached hydrogens (tertiary/aromatic N) is 2. The van der Waals surface area contributed by atoms with Gasteiger partial charge in [0.25, 0.3) is 5.91 Å². The van der Waals surface area contributed by atoms with E-state index in [9.17, 15) is 13.6 Å². The Morgan fingerprint density at radius 3 is 2.57 bits per heavy atom. The first-order chi connectivity index (χ1) is 10.8. The molecule has 124 valence electrons. The van der Waals surface area contributed by atoms with Gasteiger partial charge in [0.1, 0.15) is 17.3 Å². The van der Waals surface area contributed by atoms with Gasteiger partial charge in [0.2, 0.25) is 0 Å². The van der Waals surface area contributed by atoms with E-state index < -0.39 is 17.7 Å². The van der Waals surface area contributed by atoms with Crippen molar-refractivity contribution in [1.29, 1.82) is 0 Å². The average Bonchev–Trinajstić information content (AvgIpc) is 2.78. The first kappa shape index (κ1) is 17.1. The van der Waals surface area contributed by atoms with Crippen molar-refractivity contribution in [3.05, 3.63) is 52.9 Å². The molecule has 1 heterocycles. The molecule has 23 heavy (non-hydrogen) atoms. The van der Waals surface area contributed by atoms with Crippen molar-refractivity contribution >= 4 is 5.91 Å². The number of aryl methyl sites for hydroxylation is 1. The second-order valence-corrected chi connectivity index (χ2v) is 6.10. The van der Waals surface area contributed by atoms with Gasteiger partial charge in [0, 0.05) is 18.7 Å². The Morgan fingerprint density at radius 1 is 1.26 bits per heavy atom. The second-order valence-electron chi connectivity index (χ2n) is 6.10. The number of hydrogen-bond donors (Lipinski definition) is 1. The van der Waals surface area contributed by atoms with E-state index in [1.54, 1.807) is 20.0 Å². The van der Waals surface area contributed by atoms with Gasteiger partial charge in [-0.25, -0.2) is 8.78 Å². The number of nitrogens with one attached hydrogen (secondary N) is 1. The number of carbonyl (C=O) groups excluding carboxylic acids is 1. The summed E-state index contributed by atoms with van der Waals surface area (Å²) in [6, 6.07) is 4.48. The molecular weight excluding hydrogens is 300 g/mol. The van der Waals surface area contributed by atoms with Crippen LogP contribution >= 0.6 is 0 Å². The molecule has 0 spiro atoms. The monoisotopic (exact) mass is 321 g/mol. The number of aromatic nitrogens is 2. The molecule has 0 fully saturated rings. The third-order valence-electron chi connectivity index (χ3n) is 3.56. The zero-order valence-electron chi connectivity index (χ0n) is 13.7. The average molecular weight is 321 g/mol. The Hall–Kier alpha value is -2.24. The number of rotatable bonds is 5. The van der Waals surface area contributed by atoms with E-state index in [-0.39, 0.29) is 11.5 Å². The highest BCUT2D eigenvalue weighted by atomic mass is 19.1. The first-order valence-corrected chi connectivity index (χ1v) is 7.56. The van der Waals surface area contributed by atoms with Crippen LogP contribution in [0.15, 0.2) is 24.3 Å². The van der Waals surface area contributed by atoms with Crippen LogP contribution in [0.5, 0.6) is 0 Å². The smallest absolute Gasteiger partial charge is 0.270 e. The number of hydrogen-bond acceptors (Lipinski definition) is 2. The lowest BCUT2D eigenvalue weighted by molar-refractivity contribution is 0.0930. The Labute approximate surface area is 134 Å². The molecule has 1 amide bonds. The summed E-state index contributed by atoms with van der Waals surface area (Å²) < 4.78 is 28.2. The number of carbonyl (C=O) groups is 1. The predicted octanol–water partition coefficient (Wildman–Crippen LogP) is 3.39. The molecule has 1 N–H and O–H groups in total. The van der Waals surface area contributed by atoms with Crippen molar-refractivity contribution in [1.82, 2.24) is 15.1 Å². The Bertz CT molecular complexity index is 710. The zero-order valence-corrected chi connectivity index (χ0v) is 13.7. The molecule has 0 saturated carbocycles. The fraction of sp³-hybridized carbons (Fsp3) is 0.412. The zero-order chi connectivity index (χ0) is 17.1. The summed E-state index contributed by atoms with van der Waals surface area (Å²) in [4.78, 5) is 12.4. The minimum Gasteiger partial charge on any atom is -0.344 e. The number of benzene rings is 1. The molecule has 0 aliphatic heterocycles. The Kier molecular flexibility index (Phi) is 5.13. The summed E-state index contributed by atoms with van der Waals surface area (Å²) in [5.41, 5.74) is 1.49. The summed E-state index contributed by atoms with van der Waals surface area (Å²) in [6.45, 7) is 5.81. The molecule has 0 aliphatic rings. The fourth-order valence-electron chi connectivity index (χ4n) is 2.46. The molecule has 0 saturated heterocycles. The highest BCUT2D eigenvalue weighted by Crippen LogP contribution is 2.18. The molecule has 2 rings (SSSR count). The molecule has 0 bridgehead atoms. The van der Waals surface area contributed by atoms with E-state index in [0.29, 0.717) is 11.6 Å². The summed E-state index contributed by atoms with van der Waals surface area (Å²) in [5.74, 6) is -1.22. The van der Waals surface area contributed by atoms with Crippen molar-refractivity contribution < 1.29 is 13.6 Å². The maximum absolute atomic E-state index is 13.8. The predicted molar refractivity (Wildman–Crippen MR) is 84.0 cm³/mol. The van der Waals surface area contributed by atoms with Crippen molar-refractivity contribution in [3.8, 4) is 0 Å². The number of halogens is 2.